The summed E-state index contributed by atoms with van der Waals surface area (Å²) in [6, 6.07) is 0. The molecule has 0 heterocycles. The molecule has 0 rings (SSSR count). The Labute approximate surface area is 96.5 Å². The van der Waals surface area contributed by atoms with E-state index in [-0.39, 0.29) is 18.2 Å². The fraction of sp³-hybridized carbons (Fsp3) is 0.800. The number of nitrogens with one attached hydrogen (secondary N) is 1. The summed E-state index contributed by atoms with van der Waals surface area (Å²) >= 11 is 0. The van der Waals surface area contributed by atoms with Gasteiger partial charge in [0, 0.05) is 12.2 Å². The van der Waals surface area contributed by atoms with Crippen LogP contribution in [0.4, 0.5) is 0 Å². The Morgan fingerprint density at radius 3 is 2.00 bits per heavy atom. The molecule has 0 aromatic rings. The molecule has 16 heavy (non-hydrogen) atoms. The molecular weight excluding hydrogens is 230 g/mol. The van der Waals surface area contributed by atoms with Crippen LogP contribution in [0.3, 0.4) is 0 Å². The molecule has 0 aliphatic heterocycles. The number of amides is 1. The van der Waals surface area contributed by atoms with E-state index in [1.165, 1.54) is 13.8 Å². The zero-order chi connectivity index (χ0) is 13.1. The van der Waals surface area contributed by atoms with E-state index in [9.17, 15) is 18.0 Å². The molecule has 1 amide bonds. The van der Waals surface area contributed by atoms with Gasteiger partial charge in [0.2, 0.25) is 5.91 Å². The Morgan fingerprint density at radius 2 is 1.69 bits per heavy atom. The van der Waals surface area contributed by atoms with Gasteiger partial charge < -0.3 is 5.32 Å². The lowest BCUT2D eigenvalue weighted by atomic mass is 10.1. The Bertz CT molecular complexity index is 382. The molecule has 94 valence electrons. The maximum absolute atomic E-state index is 11.6. The fourth-order valence-electron chi connectivity index (χ4n) is 0.753. The molecule has 0 atom stereocenters. The Morgan fingerprint density at radius 1 is 1.25 bits per heavy atom. The van der Waals surface area contributed by atoms with Crippen LogP contribution in [-0.2, 0) is 19.4 Å². The quantitative estimate of drug-likeness (QED) is 0.752. The highest BCUT2D eigenvalue weighted by molar-refractivity contribution is 7.92. The summed E-state index contributed by atoms with van der Waals surface area (Å²) in [5.74, 6) is -0.955. The Kier molecular flexibility index (Phi) is 4.67. The number of ketones is 1. The molecule has 0 aliphatic carbocycles. The molecular formula is C10H19NO4S. The molecule has 0 aromatic heterocycles. The number of hydrogen-bond donors (Lipinski definition) is 1. The van der Waals surface area contributed by atoms with Crippen LogP contribution < -0.4 is 5.32 Å². The van der Waals surface area contributed by atoms with Gasteiger partial charge in [-0.05, 0) is 13.8 Å². The van der Waals surface area contributed by atoms with Gasteiger partial charge in [-0.1, -0.05) is 13.8 Å². The van der Waals surface area contributed by atoms with Crippen LogP contribution in [0.2, 0.25) is 0 Å². The minimum absolute atomic E-state index is 0.127. The molecule has 6 heteroatoms. The minimum atomic E-state index is -3.49. The summed E-state index contributed by atoms with van der Waals surface area (Å²) in [7, 11) is -3.49. The maximum atomic E-state index is 11.6. The largest absolute Gasteiger partial charge is 0.348 e. The SMILES string of the molecule is CC(C)C(=O)CNC(=O)C(C)(C)S(C)(=O)=O. The molecule has 0 saturated carbocycles. The molecule has 5 nitrogen and oxygen atoms in total. The lowest BCUT2D eigenvalue weighted by molar-refractivity contribution is -0.127. The molecule has 0 bridgehead atoms. The van der Waals surface area contributed by atoms with Crippen LogP contribution in [0.1, 0.15) is 27.7 Å². The van der Waals surface area contributed by atoms with Crippen molar-refractivity contribution in [2.24, 2.45) is 5.92 Å². The van der Waals surface area contributed by atoms with Gasteiger partial charge in [0.15, 0.2) is 15.6 Å². The van der Waals surface area contributed by atoms with Crippen LogP contribution in [-0.4, -0.2) is 37.7 Å². The summed E-state index contributed by atoms with van der Waals surface area (Å²) in [6.45, 7) is 5.94. The number of rotatable bonds is 5. The highest BCUT2D eigenvalue weighted by atomic mass is 32.2. The third-order valence-corrected chi connectivity index (χ3v) is 4.58. The first-order chi connectivity index (χ1) is 7.00. The number of sulfone groups is 1. The van der Waals surface area contributed by atoms with Crippen molar-refractivity contribution in [2.45, 2.75) is 32.4 Å². The van der Waals surface area contributed by atoms with Gasteiger partial charge in [0.1, 0.15) is 4.75 Å². The first kappa shape index (κ1) is 15.1. The molecule has 1 N–H and O–H groups in total. The number of hydrogen-bond acceptors (Lipinski definition) is 4. The van der Waals surface area contributed by atoms with E-state index in [2.05, 4.69) is 5.32 Å². The summed E-state index contributed by atoms with van der Waals surface area (Å²) in [4.78, 5) is 22.9. The van der Waals surface area contributed by atoms with E-state index in [0.717, 1.165) is 6.26 Å². The van der Waals surface area contributed by atoms with Gasteiger partial charge in [-0.3, -0.25) is 9.59 Å². The van der Waals surface area contributed by atoms with Gasteiger partial charge >= 0.3 is 0 Å². The maximum Gasteiger partial charge on any atom is 0.241 e. The zero-order valence-corrected chi connectivity index (χ0v) is 11.1. The molecule has 0 fully saturated rings. The van der Waals surface area contributed by atoms with Crippen molar-refractivity contribution >= 4 is 21.5 Å². The number of carbonyl (C=O) groups excluding carboxylic acids is 2. The first-order valence-electron chi connectivity index (χ1n) is 5.00. The molecule has 0 unspecified atom stereocenters. The normalized spacial score (nSPS) is 12.6. The highest BCUT2D eigenvalue weighted by Crippen LogP contribution is 2.14. The average molecular weight is 249 g/mol. The lowest BCUT2D eigenvalue weighted by Crippen LogP contribution is -2.49. The number of carbonyl (C=O) groups is 2. The third kappa shape index (κ3) is 3.59. The predicted molar refractivity (Wildman–Crippen MR) is 61.8 cm³/mol. The third-order valence-electron chi connectivity index (χ3n) is 2.54. The molecule has 0 aromatic carbocycles. The van der Waals surface area contributed by atoms with E-state index in [1.54, 1.807) is 13.8 Å². The minimum Gasteiger partial charge on any atom is -0.348 e. The Hall–Kier alpha value is -0.910. The van der Waals surface area contributed by atoms with Crippen molar-refractivity contribution in [1.82, 2.24) is 5.32 Å². The van der Waals surface area contributed by atoms with Gasteiger partial charge in [-0.25, -0.2) is 8.42 Å². The van der Waals surface area contributed by atoms with Gasteiger partial charge in [-0.2, -0.15) is 0 Å². The molecule has 0 aliphatic rings. The van der Waals surface area contributed by atoms with Crippen molar-refractivity contribution in [3.63, 3.8) is 0 Å². The zero-order valence-electron chi connectivity index (χ0n) is 10.3. The van der Waals surface area contributed by atoms with Crippen molar-refractivity contribution in [1.29, 1.82) is 0 Å². The average Bonchev–Trinajstić information content (AvgIpc) is 2.11. The summed E-state index contributed by atoms with van der Waals surface area (Å²) < 4.78 is 21.1. The van der Waals surface area contributed by atoms with Crippen molar-refractivity contribution in [3.05, 3.63) is 0 Å². The van der Waals surface area contributed by atoms with E-state index >= 15 is 0 Å². The van der Waals surface area contributed by atoms with Crippen LogP contribution in [0.5, 0.6) is 0 Å². The van der Waals surface area contributed by atoms with Crippen molar-refractivity contribution in [3.8, 4) is 0 Å². The van der Waals surface area contributed by atoms with Crippen LogP contribution in [0.25, 0.3) is 0 Å². The van der Waals surface area contributed by atoms with E-state index in [0.29, 0.717) is 0 Å². The molecule has 0 saturated heterocycles. The second kappa shape index (κ2) is 4.95. The van der Waals surface area contributed by atoms with Crippen LogP contribution >= 0.6 is 0 Å². The van der Waals surface area contributed by atoms with E-state index in [1.807, 2.05) is 0 Å². The van der Waals surface area contributed by atoms with Crippen molar-refractivity contribution < 1.29 is 18.0 Å². The van der Waals surface area contributed by atoms with Crippen LogP contribution in [0.15, 0.2) is 0 Å². The van der Waals surface area contributed by atoms with Gasteiger partial charge in [-0.15, -0.1) is 0 Å². The van der Waals surface area contributed by atoms with Gasteiger partial charge in [0.05, 0.1) is 6.54 Å². The summed E-state index contributed by atoms with van der Waals surface area (Å²) in [6.07, 6.45) is 0.997. The molecule has 0 radical (unpaired) electrons. The lowest BCUT2D eigenvalue weighted by Gasteiger charge is -2.21. The van der Waals surface area contributed by atoms with E-state index in [4.69, 9.17) is 0 Å². The summed E-state index contributed by atoms with van der Waals surface area (Å²) in [5, 5.41) is 2.34. The first-order valence-corrected chi connectivity index (χ1v) is 6.90. The topological polar surface area (TPSA) is 80.3 Å². The smallest absolute Gasteiger partial charge is 0.241 e. The van der Waals surface area contributed by atoms with E-state index < -0.39 is 20.5 Å². The monoisotopic (exact) mass is 249 g/mol. The second-order valence-electron chi connectivity index (χ2n) is 4.59. The standard InChI is InChI=1S/C10H19NO4S/c1-7(2)8(12)6-11-9(13)10(3,4)16(5,14)15/h7H,6H2,1-5H3,(H,11,13). The molecule has 0 spiro atoms. The Balaban J connectivity index is 4.56. The van der Waals surface area contributed by atoms with Crippen LogP contribution in [0, 0.1) is 5.92 Å². The second-order valence-corrected chi connectivity index (χ2v) is 7.15. The summed E-state index contributed by atoms with van der Waals surface area (Å²) in [5.41, 5.74) is 0. The number of Topliss-reactive ketones (excluding diaryl/α,β-unsaturated/α-hetero) is 1. The van der Waals surface area contributed by atoms with Crippen molar-refractivity contribution in [2.75, 3.05) is 12.8 Å². The fourth-order valence-corrected chi connectivity index (χ4v) is 1.16. The van der Waals surface area contributed by atoms with Gasteiger partial charge in [0.25, 0.3) is 0 Å². The highest BCUT2D eigenvalue weighted by Gasteiger charge is 2.38. The predicted octanol–water partition coefficient (Wildman–Crippen LogP) is 0.151.